The largest absolute Gasteiger partial charge is 0.478 e. The average Bonchev–Trinajstić information content (AvgIpc) is 2.68. The fourth-order valence-corrected chi connectivity index (χ4v) is 3.74. The molecule has 0 radical (unpaired) electrons. The molecule has 4 atom stereocenters. The Morgan fingerprint density at radius 3 is 2.63 bits per heavy atom. The van der Waals surface area contributed by atoms with Crippen LogP contribution < -0.4 is 5.32 Å². The molecular formula is C18H28NO7P. The summed E-state index contributed by atoms with van der Waals surface area (Å²) < 4.78 is 28.5. The van der Waals surface area contributed by atoms with E-state index in [-0.39, 0.29) is 24.8 Å². The smallest absolute Gasteiger partial charge is 0.335 e. The Morgan fingerprint density at radius 2 is 2.11 bits per heavy atom. The number of nitrogens with one attached hydrogen (secondary N) is 1. The molecule has 1 aliphatic heterocycles. The number of carboxylic acids is 1. The summed E-state index contributed by atoms with van der Waals surface area (Å²) in [6.45, 7) is 4.74. The van der Waals surface area contributed by atoms with Crippen molar-refractivity contribution in [3.8, 4) is 0 Å². The second-order valence-electron chi connectivity index (χ2n) is 6.38. The van der Waals surface area contributed by atoms with Crippen LogP contribution in [0.1, 0.15) is 29.8 Å². The Bertz CT molecular complexity index is 630. The number of ether oxygens (including phenoxy) is 3. The number of rotatable bonds is 10. The van der Waals surface area contributed by atoms with Crippen LogP contribution in [0.3, 0.4) is 0 Å². The number of aromatic carboxylic acids is 1. The maximum atomic E-state index is 11.8. The Labute approximate surface area is 160 Å². The molecular weight excluding hydrogens is 373 g/mol. The van der Waals surface area contributed by atoms with Gasteiger partial charge in [-0.1, -0.05) is 12.1 Å². The summed E-state index contributed by atoms with van der Waals surface area (Å²) in [5, 5.41) is 21.5. The second kappa shape index (κ2) is 10.3. The zero-order valence-electron chi connectivity index (χ0n) is 15.6. The summed E-state index contributed by atoms with van der Waals surface area (Å²) in [5.41, 5.74) is 1.11. The van der Waals surface area contributed by atoms with Gasteiger partial charge >= 0.3 is 5.97 Å². The minimum atomic E-state index is -1.72. The van der Waals surface area contributed by atoms with E-state index >= 15 is 0 Å². The molecule has 0 aliphatic carbocycles. The third-order valence-corrected chi connectivity index (χ3v) is 5.49. The van der Waals surface area contributed by atoms with Crippen molar-refractivity contribution in [3.05, 3.63) is 35.4 Å². The van der Waals surface area contributed by atoms with Gasteiger partial charge in [-0.3, -0.25) is 0 Å². The van der Waals surface area contributed by atoms with Crippen LogP contribution in [-0.2, 0) is 25.2 Å². The van der Waals surface area contributed by atoms with Gasteiger partial charge in [-0.05, 0) is 38.0 Å². The number of carboxylic acid groups (broad SMARTS) is 1. The standard InChI is InChI=1S/C18H28NO7P/c1-3-24-17(25-4-2)18(22,27-23)15-10-19-14(11-26-15)9-12-6-5-7-13(8-12)16(20)21/h5-8,14-15,17,19,22H,3-4,9-11,27H2,1-2H3,(H,20,21)/t14-,15-,18?/m1/s1. The number of benzene rings is 1. The van der Waals surface area contributed by atoms with Gasteiger partial charge in [0.25, 0.3) is 0 Å². The van der Waals surface area contributed by atoms with Gasteiger partial charge in [0, 0.05) is 25.8 Å². The molecule has 152 valence electrons. The fraction of sp³-hybridized carbons (Fsp3) is 0.611. The van der Waals surface area contributed by atoms with Crippen LogP contribution in [-0.4, -0.2) is 66.3 Å². The lowest BCUT2D eigenvalue weighted by molar-refractivity contribution is -0.238. The predicted octanol–water partition coefficient (Wildman–Crippen LogP) is 1.13. The summed E-state index contributed by atoms with van der Waals surface area (Å²) >= 11 is 0. The second-order valence-corrected chi connectivity index (χ2v) is 7.55. The molecule has 9 heteroatoms. The van der Waals surface area contributed by atoms with Gasteiger partial charge in [-0.25, -0.2) is 4.79 Å². The molecule has 0 spiro atoms. The maximum absolute atomic E-state index is 11.8. The summed E-state index contributed by atoms with van der Waals surface area (Å²) in [5.74, 6) is -0.967. The van der Waals surface area contributed by atoms with Gasteiger partial charge in [-0.15, -0.1) is 0 Å². The fourth-order valence-electron chi connectivity index (χ4n) is 3.07. The molecule has 0 bridgehead atoms. The van der Waals surface area contributed by atoms with Crippen molar-refractivity contribution in [2.45, 2.75) is 44.0 Å². The van der Waals surface area contributed by atoms with E-state index in [1.807, 2.05) is 6.07 Å². The van der Waals surface area contributed by atoms with Gasteiger partial charge in [0.1, 0.15) is 14.6 Å². The van der Waals surface area contributed by atoms with Crippen LogP contribution in [0.5, 0.6) is 0 Å². The topological polar surface area (TPSA) is 114 Å². The molecule has 1 aromatic carbocycles. The molecule has 1 aromatic rings. The van der Waals surface area contributed by atoms with Gasteiger partial charge in [0.05, 0.1) is 12.2 Å². The molecule has 1 heterocycles. The molecule has 1 aliphatic rings. The molecule has 1 saturated heterocycles. The minimum Gasteiger partial charge on any atom is -0.478 e. The number of hydrogen-bond donors (Lipinski definition) is 3. The molecule has 27 heavy (non-hydrogen) atoms. The van der Waals surface area contributed by atoms with Crippen molar-refractivity contribution in [3.63, 3.8) is 0 Å². The maximum Gasteiger partial charge on any atom is 0.335 e. The molecule has 3 N–H and O–H groups in total. The van der Waals surface area contributed by atoms with E-state index < -0.39 is 32.2 Å². The monoisotopic (exact) mass is 401 g/mol. The lowest BCUT2D eigenvalue weighted by Gasteiger charge is -2.41. The molecule has 0 aromatic heterocycles. The first-order chi connectivity index (χ1) is 12.9. The predicted molar refractivity (Wildman–Crippen MR) is 101 cm³/mol. The third kappa shape index (κ3) is 5.60. The van der Waals surface area contributed by atoms with Gasteiger partial charge in [0.2, 0.25) is 0 Å². The van der Waals surface area contributed by atoms with Crippen molar-refractivity contribution in [2.24, 2.45) is 0 Å². The van der Waals surface area contributed by atoms with Crippen LogP contribution in [0.15, 0.2) is 24.3 Å². The van der Waals surface area contributed by atoms with E-state index in [9.17, 15) is 14.5 Å². The molecule has 0 saturated carbocycles. The van der Waals surface area contributed by atoms with E-state index in [2.05, 4.69) is 5.32 Å². The van der Waals surface area contributed by atoms with Crippen molar-refractivity contribution in [1.29, 1.82) is 0 Å². The Hall–Kier alpha value is -1.28. The van der Waals surface area contributed by atoms with Crippen LogP contribution in [0, 0.1) is 0 Å². The first-order valence-electron chi connectivity index (χ1n) is 9.03. The first-order valence-corrected chi connectivity index (χ1v) is 10.1. The summed E-state index contributed by atoms with van der Waals surface area (Å²) in [4.78, 5) is 11.1. The Balaban J connectivity index is 1.99. The van der Waals surface area contributed by atoms with Crippen LogP contribution >= 0.6 is 8.46 Å². The first kappa shape index (κ1) is 22.0. The normalized spacial score (nSPS) is 23.0. The van der Waals surface area contributed by atoms with E-state index in [0.717, 1.165) is 5.56 Å². The van der Waals surface area contributed by atoms with Crippen LogP contribution in [0.2, 0.25) is 0 Å². The average molecular weight is 401 g/mol. The quantitative estimate of drug-likeness (QED) is 0.395. The van der Waals surface area contributed by atoms with Crippen molar-refractivity contribution in [1.82, 2.24) is 5.32 Å². The molecule has 1 fully saturated rings. The highest BCUT2D eigenvalue weighted by Crippen LogP contribution is 2.34. The van der Waals surface area contributed by atoms with Gasteiger partial charge in [0.15, 0.2) is 11.6 Å². The summed E-state index contributed by atoms with van der Waals surface area (Å²) in [7, 11) is -1.62. The van der Waals surface area contributed by atoms with Crippen molar-refractivity contribution in [2.75, 3.05) is 26.4 Å². The number of hydrogen-bond acceptors (Lipinski definition) is 7. The summed E-state index contributed by atoms with van der Waals surface area (Å²) in [6.07, 6.45) is -1.16. The van der Waals surface area contributed by atoms with E-state index in [1.165, 1.54) is 0 Å². The third-order valence-electron chi connectivity index (χ3n) is 4.46. The lowest BCUT2D eigenvalue weighted by Crippen LogP contribution is -2.60. The molecule has 2 unspecified atom stereocenters. The number of carbonyl (C=O) groups is 1. The van der Waals surface area contributed by atoms with Crippen LogP contribution in [0.25, 0.3) is 0 Å². The number of aliphatic hydroxyl groups is 1. The van der Waals surface area contributed by atoms with E-state index in [1.54, 1.807) is 32.0 Å². The minimum absolute atomic E-state index is 0.0474. The highest BCUT2D eigenvalue weighted by Gasteiger charge is 2.47. The van der Waals surface area contributed by atoms with E-state index in [4.69, 9.17) is 19.3 Å². The SMILES string of the molecule is CCOC(OCC)C(O)([PH2]=O)[C@H]1CN[C@H](Cc2cccc(C(=O)O)c2)CO1. The molecule has 8 nitrogen and oxygen atoms in total. The van der Waals surface area contributed by atoms with Gasteiger partial charge in [-0.2, -0.15) is 0 Å². The zero-order chi connectivity index (χ0) is 19.9. The summed E-state index contributed by atoms with van der Waals surface area (Å²) in [6, 6.07) is 6.70. The molecule has 2 rings (SSSR count). The highest BCUT2D eigenvalue weighted by molar-refractivity contribution is 7.25. The number of morpholine rings is 1. The van der Waals surface area contributed by atoms with E-state index in [0.29, 0.717) is 19.6 Å². The van der Waals surface area contributed by atoms with Crippen LogP contribution in [0.4, 0.5) is 0 Å². The van der Waals surface area contributed by atoms with Crippen molar-refractivity contribution >= 4 is 14.4 Å². The van der Waals surface area contributed by atoms with Crippen molar-refractivity contribution < 1.29 is 33.8 Å². The highest BCUT2D eigenvalue weighted by atomic mass is 31.1. The Kier molecular flexibility index (Phi) is 8.41. The van der Waals surface area contributed by atoms with Gasteiger partial charge < -0.3 is 34.3 Å². The molecule has 0 amide bonds. The lowest BCUT2D eigenvalue weighted by atomic mass is 10.0. The zero-order valence-corrected chi connectivity index (χ0v) is 16.7. The Morgan fingerprint density at radius 1 is 1.41 bits per heavy atom.